The molecule has 1 aliphatic rings. The molecule has 3 aromatic carbocycles. The lowest BCUT2D eigenvalue weighted by Gasteiger charge is -2.35. The summed E-state index contributed by atoms with van der Waals surface area (Å²) in [5.41, 5.74) is 5.40. The van der Waals surface area contributed by atoms with E-state index in [1.165, 1.54) is 22.9 Å². The van der Waals surface area contributed by atoms with Crippen molar-refractivity contribution >= 4 is 29.3 Å². The highest BCUT2D eigenvalue weighted by molar-refractivity contribution is 8.01. The van der Waals surface area contributed by atoms with E-state index in [0.29, 0.717) is 13.1 Å². The van der Waals surface area contributed by atoms with E-state index in [9.17, 15) is 9.59 Å². The van der Waals surface area contributed by atoms with Gasteiger partial charge in [-0.15, -0.1) is 11.8 Å². The Morgan fingerprint density at radius 3 is 2.19 bits per heavy atom. The van der Waals surface area contributed by atoms with Crippen LogP contribution in [0.4, 0.5) is 5.69 Å². The lowest BCUT2D eigenvalue weighted by Crippen LogP contribution is -2.47. The first-order chi connectivity index (χ1) is 15.4. The van der Waals surface area contributed by atoms with E-state index >= 15 is 0 Å². The van der Waals surface area contributed by atoms with Crippen LogP contribution >= 0.6 is 11.8 Å². The topological polar surface area (TPSA) is 49.4 Å². The zero-order valence-corrected chi connectivity index (χ0v) is 19.5. The molecule has 0 fully saturated rings. The molecule has 0 aliphatic carbocycles. The Balaban J connectivity index is 1.51. The van der Waals surface area contributed by atoms with Gasteiger partial charge in [0.1, 0.15) is 5.25 Å². The van der Waals surface area contributed by atoms with E-state index in [-0.39, 0.29) is 11.8 Å². The number of benzene rings is 3. The fourth-order valence-corrected chi connectivity index (χ4v) is 5.07. The molecule has 0 radical (unpaired) electrons. The van der Waals surface area contributed by atoms with Crippen LogP contribution in [0.2, 0.25) is 0 Å². The molecule has 3 aromatic rings. The highest BCUT2D eigenvalue weighted by Gasteiger charge is 2.39. The second-order valence-corrected chi connectivity index (χ2v) is 9.59. The van der Waals surface area contributed by atoms with Gasteiger partial charge >= 0.3 is 0 Å². The number of carbonyl (C=O) groups excluding carboxylic acids is 2. The van der Waals surface area contributed by atoms with E-state index in [1.807, 2.05) is 67.3 Å². The molecule has 1 aliphatic heterocycles. The number of anilines is 1. The Kier molecular flexibility index (Phi) is 6.66. The average Bonchev–Trinajstić information content (AvgIpc) is 2.81. The number of aryl methyl sites for hydroxylation is 2. The van der Waals surface area contributed by atoms with Gasteiger partial charge in [-0.05, 0) is 37.1 Å². The van der Waals surface area contributed by atoms with E-state index in [1.54, 1.807) is 0 Å². The predicted molar refractivity (Wildman–Crippen MR) is 131 cm³/mol. The number of para-hydroxylation sites is 1. The van der Waals surface area contributed by atoms with Gasteiger partial charge in [-0.25, -0.2) is 0 Å². The van der Waals surface area contributed by atoms with Crippen molar-refractivity contribution in [1.82, 2.24) is 5.32 Å². The molecule has 0 bridgehead atoms. The van der Waals surface area contributed by atoms with E-state index in [0.717, 1.165) is 21.7 Å². The first-order valence-electron chi connectivity index (χ1n) is 10.9. The molecule has 2 unspecified atom stereocenters. The number of nitrogens with zero attached hydrogens (tertiary/aromatic N) is 1. The zero-order valence-electron chi connectivity index (χ0n) is 18.7. The Labute approximate surface area is 194 Å². The Bertz CT molecular complexity index is 1110. The summed E-state index contributed by atoms with van der Waals surface area (Å²) < 4.78 is 0. The monoisotopic (exact) mass is 444 g/mol. The van der Waals surface area contributed by atoms with Gasteiger partial charge in [-0.2, -0.15) is 0 Å². The predicted octanol–water partition coefficient (Wildman–Crippen LogP) is 5.26. The molecule has 2 amide bonds. The highest BCUT2D eigenvalue weighted by Crippen LogP contribution is 2.42. The van der Waals surface area contributed by atoms with Crippen LogP contribution in [0.3, 0.4) is 0 Å². The molecular weight excluding hydrogens is 416 g/mol. The van der Waals surface area contributed by atoms with Crippen LogP contribution in [0.5, 0.6) is 0 Å². The quantitative estimate of drug-likeness (QED) is 0.564. The molecule has 164 valence electrons. The third-order valence-corrected chi connectivity index (χ3v) is 7.30. The van der Waals surface area contributed by atoms with Crippen molar-refractivity contribution in [2.45, 2.75) is 44.0 Å². The summed E-state index contributed by atoms with van der Waals surface area (Å²) in [4.78, 5) is 29.3. The van der Waals surface area contributed by atoms with Crippen LogP contribution in [0.25, 0.3) is 0 Å². The lowest BCUT2D eigenvalue weighted by molar-refractivity contribution is -0.128. The zero-order chi connectivity index (χ0) is 22.7. The van der Waals surface area contributed by atoms with Crippen LogP contribution in [0.1, 0.15) is 29.2 Å². The third kappa shape index (κ3) is 4.89. The molecule has 0 saturated carbocycles. The van der Waals surface area contributed by atoms with Gasteiger partial charge in [0, 0.05) is 11.4 Å². The maximum absolute atomic E-state index is 13.5. The standard InChI is InChI=1S/C27H28N2O2S/c1-18-8-12-21(13-9-18)16-28-26(30)20(3)25-27(31)29(17-22-14-10-19(2)11-15-22)23-6-4-5-7-24(23)32-25/h4-15,20,25H,16-17H2,1-3H3,(H,28,30). The van der Waals surface area contributed by atoms with Gasteiger partial charge in [0.15, 0.2) is 0 Å². The number of hydrogen-bond acceptors (Lipinski definition) is 3. The summed E-state index contributed by atoms with van der Waals surface area (Å²) in [6, 6.07) is 24.3. The van der Waals surface area contributed by atoms with Crippen LogP contribution in [-0.4, -0.2) is 17.1 Å². The highest BCUT2D eigenvalue weighted by atomic mass is 32.2. The van der Waals surface area contributed by atoms with Crippen molar-refractivity contribution in [3.63, 3.8) is 0 Å². The first kappa shape index (κ1) is 22.2. The van der Waals surface area contributed by atoms with Crippen molar-refractivity contribution in [3.8, 4) is 0 Å². The Morgan fingerprint density at radius 2 is 1.53 bits per heavy atom. The molecule has 0 spiro atoms. The van der Waals surface area contributed by atoms with Gasteiger partial charge < -0.3 is 10.2 Å². The van der Waals surface area contributed by atoms with E-state index in [2.05, 4.69) is 36.5 Å². The maximum atomic E-state index is 13.5. The Hall–Kier alpha value is -3.05. The minimum atomic E-state index is -0.464. The molecular formula is C27H28N2O2S. The van der Waals surface area contributed by atoms with Crippen molar-refractivity contribution < 1.29 is 9.59 Å². The molecule has 32 heavy (non-hydrogen) atoms. The lowest BCUT2D eigenvalue weighted by atomic mass is 10.0. The smallest absolute Gasteiger partial charge is 0.241 e. The first-order valence-corrected chi connectivity index (χ1v) is 11.8. The van der Waals surface area contributed by atoms with Crippen molar-refractivity contribution in [2.75, 3.05) is 4.90 Å². The van der Waals surface area contributed by atoms with E-state index < -0.39 is 11.2 Å². The molecule has 5 heteroatoms. The SMILES string of the molecule is Cc1ccc(CNC(=O)C(C)C2Sc3ccccc3N(Cc3ccc(C)cc3)C2=O)cc1. The van der Waals surface area contributed by atoms with Crippen LogP contribution in [-0.2, 0) is 22.7 Å². The summed E-state index contributed by atoms with van der Waals surface area (Å²) in [6.45, 7) is 6.88. The number of carbonyl (C=O) groups is 2. The molecule has 4 nitrogen and oxygen atoms in total. The molecule has 4 rings (SSSR count). The maximum Gasteiger partial charge on any atom is 0.241 e. The second kappa shape index (κ2) is 9.61. The average molecular weight is 445 g/mol. The summed E-state index contributed by atoms with van der Waals surface area (Å²) in [5, 5.41) is 2.54. The fraction of sp³-hybridized carbons (Fsp3) is 0.259. The van der Waals surface area contributed by atoms with Crippen LogP contribution < -0.4 is 10.2 Å². The van der Waals surface area contributed by atoms with Crippen molar-refractivity contribution in [2.24, 2.45) is 5.92 Å². The normalized spacial score (nSPS) is 16.4. The van der Waals surface area contributed by atoms with Crippen LogP contribution in [0, 0.1) is 19.8 Å². The molecule has 0 saturated heterocycles. The number of thioether (sulfide) groups is 1. The largest absolute Gasteiger partial charge is 0.352 e. The van der Waals surface area contributed by atoms with Gasteiger partial charge in [0.25, 0.3) is 0 Å². The third-order valence-electron chi connectivity index (χ3n) is 5.84. The van der Waals surface area contributed by atoms with E-state index in [4.69, 9.17) is 0 Å². The molecule has 2 atom stereocenters. The number of fused-ring (bicyclic) bond motifs is 1. The van der Waals surface area contributed by atoms with Gasteiger partial charge in [0.05, 0.1) is 18.2 Å². The second-order valence-electron chi connectivity index (χ2n) is 8.41. The van der Waals surface area contributed by atoms with Gasteiger partial charge in [-0.3, -0.25) is 9.59 Å². The van der Waals surface area contributed by atoms with Crippen molar-refractivity contribution in [3.05, 3.63) is 95.1 Å². The molecule has 0 aromatic heterocycles. The van der Waals surface area contributed by atoms with Gasteiger partial charge in [-0.1, -0.05) is 78.7 Å². The minimum Gasteiger partial charge on any atom is -0.352 e. The molecule has 1 heterocycles. The number of rotatable bonds is 6. The number of amides is 2. The summed E-state index contributed by atoms with van der Waals surface area (Å²) in [6.07, 6.45) is 0. The van der Waals surface area contributed by atoms with Crippen molar-refractivity contribution in [1.29, 1.82) is 0 Å². The Morgan fingerprint density at radius 1 is 0.938 bits per heavy atom. The van der Waals surface area contributed by atoms with Gasteiger partial charge in [0.2, 0.25) is 11.8 Å². The molecule has 1 N–H and O–H groups in total. The summed E-state index contributed by atoms with van der Waals surface area (Å²) >= 11 is 1.49. The van der Waals surface area contributed by atoms with Crippen LogP contribution in [0.15, 0.2) is 77.7 Å². The summed E-state index contributed by atoms with van der Waals surface area (Å²) in [7, 11) is 0. The minimum absolute atomic E-state index is 0.0211. The summed E-state index contributed by atoms with van der Waals surface area (Å²) in [5.74, 6) is -0.579. The fourth-order valence-electron chi connectivity index (χ4n) is 3.79. The number of hydrogen-bond donors (Lipinski definition) is 1. The number of nitrogens with one attached hydrogen (secondary N) is 1.